The van der Waals surface area contributed by atoms with Gasteiger partial charge in [0.2, 0.25) is 10.0 Å². The van der Waals surface area contributed by atoms with E-state index in [4.69, 9.17) is 0 Å². The Labute approximate surface area is 73.8 Å². The standard InChI is InChI=1S/C8H15NO2S/c1-12(10,11)9-6-2-3-8(7-9)4-5-8/h2-7H2,1H3. The minimum Gasteiger partial charge on any atom is -0.213 e. The Bertz CT molecular complexity index is 279. The molecule has 0 unspecified atom stereocenters. The molecule has 0 amide bonds. The highest BCUT2D eigenvalue weighted by Gasteiger charge is 2.46. The summed E-state index contributed by atoms with van der Waals surface area (Å²) in [6, 6.07) is 0. The first-order valence-electron chi connectivity index (χ1n) is 4.47. The van der Waals surface area contributed by atoms with Crippen LogP contribution in [0.3, 0.4) is 0 Å². The first-order valence-corrected chi connectivity index (χ1v) is 6.32. The lowest BCUT2D eigenvalue weighted by molar-refractivity contribution is 0.251. The van der Waals surface area contributed by atoms with E-state index in [0.29, 0.717) is 5.41 Å². The van der Waals surface area contributed by atoms with Gasteiger partial charge in [-0.2, -0.15) is 0 Å². The molecule has 2 rings (SSSR count). The number of nitrogens with zero attached hydrogens (tertiary/aromatic N) is 1. The maximum Gasteiger partial charge on any atom is 0.211 e. The summed E-state index contributed by atoms with van der Waals surface area (Å²) in [5.41, 5.74) is 0.404. The lowest BCUT2D eigenvalue weighted by atomic mass is 9.97. The Morgan fingerprint density at radius 1 is 1.25 bits per heavy atom. The fourth-order valence-corrected chi connectivity index (χ4v) is 3.00. The van der Waals surface area contributed by atoms with Crippen molar-refractivity contribution in [2.45, 2.75) is 25.7 Å². The van der Waals surface area contributed by atoms with Crippen LogP contribution in [0.5, 0.6) is 0 Å². The zero-order chi connectivity index (χ0) is 8.82. The summed E-state index contributed by atoms with van der Waals surface area (Å²) in [7, 11) is -2.92. The van der Waals surface area contributed by atoms with Crippen LogP contribution in [-0.2, 0) is 10.0 Å². The van der Waals surface area contributed by atoms with Crippen LogP contribution in [0.15, 0.2) is 0 Å². The minimum atomic E-state index is -2.92. The summed E-state index contributed by atoms with van der Waals surface area (Å²) < 4.78 is 24.1. The van der Waals surface area contributed by atoms with Gasteiger partial charge in [-0.15, -0.1) is 0 Å². The van der Waals surface area contributed by atoms with E-state index in [9.17, 15) is 8.42 Å². The van der Waals surface area contributed by atoms with Gasteiger partial charge in [-0.25, -0.2) is 12.7 Å². The maximum atomic E-state index is 11.2. The fraction of sp³-hybridized carbons (Fsp3) is 1.00. The molecule has 0 aromatic heterocycles. The molecule has 1 aliphatic heterocycles. The van der Waals surface area contributed by atoms with Gasteiger partial charge in [-0.1, -0.05) is 0 Å². The Balaban J connectivity index is 2.09. The molecule has 2 aliphatic rings. The quantitative estimate of drug-likeness (QED) is 0.612. The highest BCUT2D eigenvalue weighted by molar-refractivity contribution is 7.88. The lowest BCUT2D eigenvalue weighted by Gasteiger charge is -2.30. The van der Waals surface area contributed by atoms with Gasteiger partial charge in [0.1, 0.15) is 0 Å². The van der Waals surface area contributed by atoms with E-state index in [1.54, 1.807) is 4.31 Å². The number of sulfonamides is 1. The van der Waals surface area contributed by atoms with E-state index in [2.05, 4.69) is 0 Å². The third kappa shape index (κ3) is 1.50. The van der Waals surface area contributed by atoms with Crippen molar-refractivity contribution in [1.29, 1.82) is 0 Å². The second-order valence-electron chi connectivity index (χ2n) is 4.20. The topological polar surface area (TPSA) is 37.4 Å². The highest BCUT2D eigenvalue weighted by Crippen LogP contribution is 2.52. The highest BCUT2D eigenvalue weighted by atomic mass is 32.2. The lowest BCUT2D eigenvalue weighted by Crippen LogP contribution is -2.40. The van der Waals surface area contributed by atoms with Gasteiger partial charge >= 0.3 is 0 Å². The molecule has 0 aromatic rings. The fourth-order valence-electron chi connectivity index (χ4n) is 2.03. The molecule has 0 aromatic carbocycles. The normalized spacial score (nSPS) is 29.1. The van der Waals surface area contributed by atoms with Crippen LogP contribution in [0.2, 0.25) is 0 Å². The van der Waals surface area contributed by atoms with Crippen LogP contribution < -0.4 is 0 Å². The van der Waals surface area contributed by atoms with Gasteiger partial charge < -0.3 is 0 Å². The van der Waals surface area contributed by atoms with E-state index in [-0.39, 0.29) is 0 Å². The Kier molecular flexibility index (Phi) is 1.74. The van der Waals surface area contributed by atoms with Crippen molar-refractivity contribution in [2.24, 2.45) is 5.41 Å². The third-order valence-electron chi connectivity index (χ3n) is 3.05. The van der Waals surface area contributed by atoms with Gasteiger partial charge in [0.15, 0.2) is 0 Å². The van der Waals surface area contributed by atoms with E-state index >= 15 is 0 Å². The molecule has 1 saturated carbocycles. The number of hydrogen-bond donors (Lipinski definition) is 0. The summed E-state index contributed by atoms with van der Waals surface area (Å²) in [6.45, 7) is 1.52. The van der Waals surface area contributed by atoms with E-state index in [1.165, 1.54) is 25.5 Å². The van der Waals surface area contributed by atoms with Crippen molar-refractivity contribution in [3.8, 4) is 0 Å². The summed E-state index contributed by atoms with van der Waals surface area (Å²) in [4.78, 5) is 0. The monoisotopic (exact) mass is 189 g/mol. The number of rotatable bonds is 1. The molecule has 0 atom stereocenters. The molecule has 1 heterocycles. The van der Waals surface area contributed by atoms with Crippen molar-refractivity contribution >= 4 is 10.0 Å². The Morgan fingerprint density at radius 3 is 2.42 bits per heavy atom. The average Bonchev–Trinajstić information content (AvgIpc) is 2.68. The van der Waals surface area contributed by atoms with Crippen LogP contribution in [0.1, 0.15) is 25.7 Å². The van der Waals surface area contributed by atoms with Gasteiger partial charge in [0.05, 0.1) is 6.26 Å². The van der Waals surface area contributed by atoms with Crippen LogP contribution in [0.25, 0.3) is 0 Å². The van der Waals surface area contributed by atoms with Crippen molar-refractivity contribution in [3.05, 3.63) is 0 Å². The SMILES string of the molecule is CS(=O)(=O)N1CCCC2(CC2)C1. The molecule has 0 radical (unpaired) electrons. The predicted molar refractivity (Wildman–Crippen MR) is 47.3 cm³/mol. The Morgan fingerprint density at radius 2 is 1.92 bits per heavy atom. The van der Waals surface area contributed by atoms with Gasteiger partial charge in [-0.05, 0) is 31.1 Å². The second kappa shape index (κ2) is 2.45. The van der Waals surface area contributed by atoms with Crippen LogP contribution in [0, 0.1) is 5.41 Å². The molecular weight excluding hydrogens is 174 g/mol. The minimum absolute atomic E-state index is 0.404. The van der Waals surface area contributed by atoms with Crippen LogP contribution in [0.4, 0.5) is 0 Å². The maximum absolute atomic E-state index is 11.2. The summed E-state index contributed by atoms with van der Waals surface area (Å²) >= 11 is 0. The molecule has 4 heteroatoms. The van der Waals surface area contributed by atoms with Crippen molar-refractivity contribution in [3.63, 3.8) is 0 Å². The van der Waals surface area contributed by atoms with Gasteiger partial charge in [0.25, 0.3) is 0 Å². The zero-order valence-electron chi connectivity index (χ0n) is 7.41. The summed E-state index contributed by atoms with van der Waals surface area (Å²) in [5, 5.41) is 0. The first-order chi connectivity index (χ1) is 5.52. The predicted octanol–water partition coefficient (Wildman–Crippen LogP) is 0.822. The summed E-state index contributed by atoms with van der Waals surface area (Å²) in [6.07, 6.45) is 6.07. The smallest absolute Gasteiger partial charge is 0.211 e. The average molecular weight is 189 g/mol. The molecule has 1 aliphatic carbocycles. The molecule has 1 saturated heterocycles. The number of piperidine rings is 1. The first kappa shape index (κ1) is 8.51. The largest absolute Gasteiger partial charge is 0.213 e. The van der Waals surface area contributed by atoms with Crippen LogP contribution in [-0.4, -0.2) is 32.1 Å². The van der Waals surface area contributed by atoms with Crippen molar-refractivity contribution in [2.75, 3.05) is 19.3 Å². The van der Waals surface area contributed by atoms with Gasteiger partial charge in [0, 0.05) is 13.1 Å². The Hall–Kier alpha value is -0.0900. The number of hydrogen-bond acceptors (Lipinski definition) is 2. The second-order valence-corrected chi connectivity index (χ2v) is 6.18. The van der Waals surface area contributed by atoms with Crippen LogP contribution >= 0.6 is 0 Å². The van der Waals surface area contributed by atoms with Crippen molar-refractivity contribution < 1.29 is 8.42 Å². The molecule has 70 valence electrons. The van der Waals surface area contributed by atoms with Gasteiger partial charge in [-0.3, -0.25) is 0 Å². The van der Waals surface area contributed by atoms with Crippen molar-refractivity contribution in [1.82, 2.24) is 4.31 Å². The molecule has 1 spiro atoms. The summed E-state index contributed by atoms with van der Waals surface area (Å²) in [5.74, 6) is 0. The zero-order valence-corrected chi connectivity index (χ0v) is 8.23. The molecule has 3 nitrogen and oxygen atoms in total. The van der Waals surface area contributed by atoms with E-state index in [0.717, 1.165) is 19.5 Å². The van der Waals surface area contributed by atoms with E-state index in [1.807, 2.05) is 0 Å². The molecular formula is C8H15NO2S. The third-order valence-corrected chi connectivity index (χ3v) is 4.30. The molecule has 0 bridgehead atoms. The molecule has 12 heavy (non-hydrogen) atoms. The molecule has 2 fully saturated rings. The van der Waals surface area contributed by atoms with E-state index < -0.39 is 10.0 Å². The molecule has 0 N–H and O–H groups in total.